The average Bonchev–Trinajstić information content (AvgIpc) is 3.70. The van der Waals surface area contributed by atoms with Crippen LogP contribution in [0.25, 0.3) is 44.7 Å². The minimum Gasteiger partial charge on any atom is -0.435 e. The molecule has 0 spiro atoms. The fraction of sp³-hybridized carbons (Fsp3) is 0.222. The molecule has 3 aromatic heterocycles. The van der Waals surface area contributed by atoms with Crippen LogP contribution in [-0.2, 0) is 12.7 Å². The van der Waals surface area contributed by atoms with Crippen LogP contribution in [0.4, 0.5) is 24.7 Å². The maximum atomic E-state index is 14.0. The van der Waals surface area contributed by atoms with Gasteiger partial charge in [0.2, 0.25) is 11.7 Å². The van der Waals surface area contributed by atoms with Gasteiger partial charge >= 0.3 is 6.18 Å². The number of oxazole rings is 1. The van der Waals surface area contributed by atoms with Crippen LogP contribution in [0.3, 0.4) is 0 Å². The number of β-amino-alcohol motifs (C(OH)–C–C–N with tert-alkyl or cyclic N) is 1. The zero-order valence-corrected chi connectivity index (χ0v) is 26.3. The van der Waals surface area contributed by atoms with Gasteiger partial charge in [-0.15, -0.1) is 0 Å². The first-order valence-corrected chi connectivity index (χ1v) is 15.4. The SMILES string of the molecule is Cc1c(Nc2nc(C(F)(F)F)nc3cc(CN4CCC(O)C4)cnc23)cccc1-c1cccc(-c2nc3cc(C=O)cc(C#N)c3o2)c1C. The third-order valence-electron chi connectivity index (χ3n) is 8.71. The van der Waals surface area contributed by atoms with E-state index < -0.39 is 18.1 Å². The van der Waals surface area contributed by atoms with Crippen molar-refractivity contribution >= 4 is 39.9 Å². The standard InChI is InChI=1S/C36H28F3N7O3/c1-19-25(5-3-7-27(19)34-43-30-12-21(18-47)11-23(14-40)32(30)49-34)26-6-4-8-28(20(26)2)42-33-31-29(44-35(45-33)36(37,38)39)13-22(15-41-31)16-46-10-9-24(48)17-46/h3-8,11-13,15,18,24,48H,9-10,16-17H2,1-2H3,(H,42,44,45). The summed E-state index contributed by atoms with van der Waals surface area (Å²) in [4.78, 5) is 30.1. The summed E-state index contributed by atoms with van der Waals surface area (Å²) in [6, 6.07) is 17.7. The van der Waals surface area contributed by atoms with Gasteiger partial charge < -0.3 is 14.8 Å². The molecule has 3 aromatic carbocycles. The summed E-state index contributed by atoms with van der Waals surface area (Å²) in [6.07, 6.45) is -2.33. The number of anilines is 2. The summed E-state index contributed by atoms with van der Waals surface area (Å²) in [5.74, 6) is -1.09. The van der Waals surface area contributed by atoms with Crippen LogP contribution in [-0.4, -0.2) is 55.4 Å². The van der Waals surface area contributed by atoms with Crippen molar-refractivity contribution in [2.24, 2.45) is 0 Å². The van der Waals surface area contributed by atoms with Crippen molar-refractivity contribution in [2.75, 3.05) is 18.4 Å². The highest BCUT2D eigenvalue weighted by molar-refractivity contribution is 5.91. The number of aromatic nitrogens is 4. The van der Waals surface area contributed by atoms with E-state index in [0.29, 0.717) is 60.2 Å². The number of nitrogens with one attached hydrogen (secondary N) is 1. The minimum absolute atomic E-state index is 0.0533. The van der Waals surface area contributed by atoms with Gasteiger partial charge in [-0.1, -0.05) is 24.3 Å². The first kappa shape index (κ1) is 31.9. The van der Waals surface area contributed by atoms with Crippen molar-refractivity contribution in [1.82, 2.24) is 24.8 Å². The first-order chi connectivity index (χ1) is 23.5. The van der Waals surface area contributed by atoms with Gasteiger partial charge in [0.1, 0.15) is 23.4 Å². The smallest absolute Gasteiger partial charge is 0.435 e. The molecule has 1 aliphatic heterocycles. The number of likely N-dealkylation sites (tertiary alicyclic amines) is 1. The predicted octanol–water partition coefficient (Wildman–Crippen LogP) is 7.13. The van der Waals surface area contributed by atoms with Gasteiger partial charge in [0, 0.05) is 42.6 Å². The van der Waals surface area contributed by atoms with Crippen LogP contribution in [0.2, 0.25) is 0 Å². The number of aliphatic hydroxyl groups is 1. The lowest BCUT2D eigenvalue weighted by molar-refractivity contribution is -0.144. The number of nitrogens with zero attached hydrogens (tertiary/aromatic N) is 6. The van der Waals surface area contributed by atoms with Gasteiger partial charge in [-0.25, -0.2) is 15.0 Å². The molecule has 49 heavy (non-hydrogen) atoms. The van der Waals surface area contributed by atoms with Gasteiger partial charge in [0.15, 0.2) is 11.4 Å². The lowest BCUT2D eigenvalue weighted by Gasteiger charge is -2.18. The Morgan fingerprint density at radius 2 is 1.80 bits per heavy atom. The summed E-state index contributed by atoms with van der Waals surface area (Å²) >= 11 is 0. The van der Waals surface area contributed by atoms with Crippen molar-refractivity contribution in [3.63, 3.8) is 0 Å². The number of hydrogen-bond acceptors (Lipinski definition) is 10. The Morgan fingerprint density at radius 3 is 2.51 bits per heavy atom. The van der Waals surface area contributed by atoms with Gasteiger partial charge in [-0.2, -0.15) is 18.4 Å². The number of rotatable bonds is 7. The predicted molar refractivity (Wildman–Crippen MR) is 176 cm³/mol. The molecule has 0 saturated carbocycles. The minimum atomic E-state index is -4.79. The maximum Gasteiger partial charge on any atom is 0.451 e. The molecule has 2 N–H and O–H groups in total. The quantitative estimate of drug-likeness (QED) is 0.170. The van der Waals surface area contributed by atoms with Crippen molar-refractivity contribution in [2.45, 2.75) is 39.1 Å². The van der Waals surface area contributed by atoms with Gasteiger partial charge in [-0.3, -0.25) is 14.7 Å². The second-order valence-corrected chi connectivity index (χ2v) is 12.0. The van der Waals surface area contributed by atoms with Gasteiger partial charge in [0.05, 0.1) is 17.2 Å². The third-order valence-corrected chi connectivity index (χ3v) is 8.71. The van der Waals surface area contributed by atoms with Crippen molar-refractivity contribution in [1.29, 1.82) is 5.26 Å². The second kappa shape index (κ2) is 12.4. The number of pyridine rings is 1. The zero-order chi connectivity index (χ0) is 34.4. The normalized spacial score (nSPS) is 15.2. The van der Waals surface area contributed by atoms with E-state index in [2.05, 4.69) is 31.3 Å². The molecule has 0 aliphatic carbocycles. The summed E-state index contributed by atoms with van der Waals surface area (Å²) in [7, 11) is 0. The average molecular weight is 664 g/mol. The molecule has 1 fully saturated rings. The second-order valence-electron chi connectivity index (χ2n) is 12.0. The van der Waals surface area contributed by atoms with Crippen LogP contribution < -0.4 is 5.32 Å². The van der Waals surface area contributed by atoms with Gasteiger partial charge in [0.25, 0.3) is 0 Å². The molecule has 0 amide bonds. The molecular formula is C36H28F3N7O3. The lowest BCUT2D eigenvalue weighted by Crippen LogP contribution is -2.21. The molecule has 1 aliphatic rings. The molecule has 7 rings (SSSR count). The number of aldehydes is 1. The number of carbonyl (C=O) groups excluding carboxylic acids is 1. The molecule has 1 unspecified atom stereocenters. The van der Waals surface area contributed by atoms with Crippen LogP contribution >= 0.6 is 0 Å². The van der Waals surface area contributed by atoms with E-state index in [-0.39, 0.29) is 33.9 Å². The van der Waals surface area contributed by atoms with E-state index in [4.69, 9.17) is 4.42 Å². The lowest BCUT2D eigenvalue weighted by atomic mass is 9.93. The van der Waals surface area contributed by atoms with Crippen LogP contribution in [0.1, 0.15) is 44.9 Å². The van der Waals surface area contributed by atoms with Crippen molar-refractivity contribution < 1.29 is 27.5 Å². The Bertz CT molecular complexity index is 2310. The highest BCUT2D eigenvalue weighted by Gasteiger charge is 2.36. The Labute approximate surface area is 277 Å². The van der Waals surface area contributed by atoms with Crippen LogP contribution in [0, 0.1) is 25.2 Å². The Morgan fingerprint density at radius 1 is 1.04 bits per heavy atom. The summed E-state index contributed by atoms with van der Waals surface area (Å²) in [5.41, 5.74) is 6.47. The number of aliphatic hydroxyl groups excluding tert-OH is 1. The van der Waals surface area contributed by atoms with E-state index in [1.54, 1.807) is 30.5 Å². The molecule has 4 heterocycles. The number of benzene rings is 3. The summed E-state index contributed by atoms with van der Waals surface area (Å²) in [6.45, 7) is 5.35. The monoisotopic (exact) mass is 663 g/mol. The van der Waals surface area contributed by atoms with E-state index >= 15 is 0 Å². The summed E-state index contributed by atoms with van der Waals surface area (Å²) in [5, 5.41) is 22.6. The molecule has 246 valence electrons. The fourth-order valence-electron chi connectivity index (χ4n) is 6.25. The third kappa shape index (κ3) is 6.08. The maximum absolute atomic E-state index is 14.0. The Kier molecular flexibility index (Phi) is 8.06. The molecule has 10 nitrogen and oxygen atoms in total. The number of carbonyl (C=O) groups is 1. The van der Waals surface area contributed by atoms with E-state index in [0.717, 1.165) is 22.3 Å². The number of alkyl halides is 3. The molecule has 13 heteroatoms. The largest absolute Gasteiger partial charge is 0.451 e. The summed E-state index contributed by atoms with van der Waals surface area (Å²) < 4.78 is 48.0. The van der Waals surface area contributed by atoms with E-state index in [1.807, 2.05) is 43.0 Å². The molecule has 6 aromatic rings. The highest BCUT2D eigenvalue weighted by atomic mass is 19.4. The topological polar surface area (TPSA) is 141 Å². The van der Waals surface area contributed by atoms with E-state index in [1.165, 1.54) is 6.07 Å². The van der Waals surface area contributed by atoms with Crippen LogP contribution in [0.5, 0.6) is 0 Å². The fourth-order valence-corrected chi connectivity index (χ4v) is 6.25. The highest BCUT2D eigenvalue weighted by Crippen LogP contribution is 2.38. The molecule has 1 atom stereocenters. The van der Waals surface area contributed by atoms with Crippen molar-refractivity contribution in [3.8, 4) is 28.7 Å². The Balaban J connectivity index is 1.26. The molecule has 1 saturated heterocycles. The molecular weight excluding hydrogens is 635 g/mol. The Hall–Kier alpha value is -5.71. The molecule has 0 radical (unpaired) electrons. The van der Waals surface area contributed by atoms with E-state index in [9.17, 15) is 28.3 Å². The number of fused-ring (bicyclic) bond motifs is 2. The zero-order valence-electron chi connectivity index (χ0n) is 26.3. The van der Waals surface area contributed by atoms with Crippen molar-refractivity contribution in [3.05, 3.63) is 94.4 Å². The number of halogens is 3. The number of hydrogen-bond donors (Lipinski definition) is 2. The first-order valence-electron chi connectivity index (χ1n) is 15.4. The number of nitriles is 1. The van der Waals surface area contributed by atoms with Crippen LogP contribution in [0.15, 0.2) is 65.2 Å². The molecule has 0 bridgehead atoms. The van der Waals surface area contributed by atoms with Gasteiger partial charge in [-0.05, 0) is 78.4 Å².